The molecule has 0 unspecified atom stereocenters. The molecule has 1 aliphatic rings. The molecule has 0 spiro atoms. The predicted octanol–water partition coefficient (Wildman–Crippen LogP) is 3.78. The molecule has 1 aliphatic heterocycles. The van der Waals surface area contributed by atoms with E-state index in [1.807, 2.05) is 24.3 Å². The van der Waals surface area contributed by atoms with Crippen LogP contribution in [-0.4, -0.2) is 44.5 Å². The molecule has 2 heterocycles. The van der Waals surface area contributed by atoms with Crippen LogP contribution in [-0.2, 0) is 10.0 Å². The summed E-state index contributed by atoms with van der Waals surface area (Å²) >= 11 is 0. The highest BCUT2D eigenvalue weighted by molar-refractivity contribution is 7.89. The monoisotopic (exact) mass is 409 g/mol. The van der Waals surface area contributed by atoms with Crippen LogP contribution < -0.4 is 4.72 Å². The summed E-state index contributed by atoms with van der Waals surface area (Å²) in [4.78, 5) is 6.72. The Hall–Kier alpha value is -2.28. The minimum atomic E-state index is -3.58. The number of nitrogens with zero attached hydrogens (tertiary/aromatic N) is 2. The highest BCUT2D eigenvalue weighted by Gasteiger charge is 2.20. The lowest BCUT2D eigenvalue weighted by Crippen LogP contribution is -2.35. The molecule has 1 fully saturated rings. The smallest absolute Gasteiger partial charge is 0.258 e. The molecule has 6 heteroatoms. The molecular weight excluding hydrogens is 382 g/mol. The fraction of sp³-hybridized carbons (Fsp3) is 0.348. The molecule has 1 aromatic heterocycles. The van der Waals surface area contributed by atoms with Crippen molar-refractivity contribution in [2.75, 3.05) is 26.2 Å². The third-order valence-electron chi connectivity index (χ3n) is 5.65. The van der Waals surface area contributed by atoms with E-state index in [0.717, 1.165) is 44.3 Å². The largest absolute Gasteiger partial charge is 0.303 e. The van der Waals surface area contributed by atoms with Crippen molar-refractivity contribution in [1.29, 1.82) is 0 Å². The number of benzene rings is 2. The van der Waals surface area contributed by atoms with E-state index in [2.05, 4.69) is 44.9 Å². The molecular formula is C23H27N3O2S. The molecule has 1 saturated heterocycles. The second-order valence-electron chi connectivity index (χ2n) is 7.62. The Morgan fingerprint density at radius 1 is 0.931 bits per heavy atom. The molecule has 0 atom stereocenters. The lowest BCUT2D eigenvalue weighted by atomic mass is 9.89. The van der Waals surface area contributed by atoms with Gasteiger partial charge in [0.25, 0.3) is 10.0 Å². The lowest BCUT2D eigenvalue weighted by Gasteiger charge is -2.32. The standard InChI is InChI=1S/C23H27N3O2S/c27-29(28,23-12-11-21-9-4-5-10-22(21)25-23)24-15-6-16-26-17-13-20(14-18-26)19-7-2-1-3-8-19/h1-5,7-12,20,24H,6,13-18H2. The molecule has 0 bridgehead atoms. The average molecular weight is 410 g/mol. The number of rotatable bonds is 7. The van der Waals surface area contributed by atoms with Crippen LogP contribution in [0.5, 0.6) is 0 Å². The lowest BCUT2D eigenvalue weighted by molar-refractivity contribution is 0.210. The van der Waals surface area contributed by atoms with E-state index in [0.29, 0.717) is 18.0 Å². The van der Waals surface area contributed by atoms with Gasteiger partial charge in [0, 0.05) is 11.9 Å². The summed E-state index contributed by atoms with van der Waals surface area (Å²) in [6.45, 7) is 3.47. The van der Waals surface area contributed by atoms with Crippen LogP contribution in [0, 0.1) is 0 Å². The summed E-state index contributed by atoms with van der Waals surface area (Å²) in [5.41, 5.74) is 2.12. The minimum Gasteiger partial charge on any atom is -0.303 e. The van der Waals surface area contributed by atoms with Crippen molar-refractivity contribution in [1.82, 2.24) is 14.6 Å². The minimum absolute atomic E-state index is 0.0832. The van der Waals surface area contributed by atoms with Gasteiger partial charge in [-0.2, -0.15) is 0 Å². The van der Waals surface area contributed by atoms with Gasteiger partial charge in [0.05, 0.1) is 5.52 Å². The quantitative estimate of drug-likeness (QED) is 0.603. The summed E-state index contributed by atoms with van der Waals surface area (Å²) in [7, 11) is -3.58. The number of fused-ring (bicyclic) bond motifs is 1. The molecule has 0 radical (unpaired) electrons. The Balaban J connectivity index is 1.24. The van der Waals surface area contributed by atoms with Gasteiger partial charge in [-0.3, -0.25) is 0 Å². The number of hydrogen-bond donors (Lipinski definition) is 1. The molecule has 4 rings (SSSR count). The van der Waals surface area contributed by atoms with Gasteiger partial charge in [-0.25, -0.2) is 18.1 Å². The van der Waals surface area contributed by atoms with E-state index in [4.69, 9.17) is 0 Å². The summed E-state index contributed by atoms with van der Waals surface area (Å²) in [6, 6.07) is 21.6. The normalized spacial score (nSPS) is 16.3. The summed E-state index contributed by atoms with van der Waals surface area (Å²) in [5.74, 6) is 0.643. The maximum atomic E-state index is 12.5. The molecule has 152 valence electrons. The van der Waals surface area contributed by atoms with Crippen LogP contribution in [0.25, 0.3) is 10.9 Å². The van der Waals surface area contributed by atoms with Crippen molar-refractivity contribution in [3.63, 3.8) is 0 Å². The molecule has 2 aromatic carbocycles. The Kier molecular flexibility index (Phi) is 6.23. The number of pyridine rings is 1. The summed E-state index contributed by atoms with van der Waals surface area (Å²) in [6.07, 6.45) is 3.12. The number of aromatic nitrogens is 1. The van der Waals surface area contributed by atoms with E-state index in [1.165, 1.54) is 5.56 Å². The number of hydrogen-bond acceptors (Lipinski definition) is 4. The van der Waals surface area contributed by atoms with Crippen molar-refractivity contribution < 1.29 is 8.42 Å². The number of sulfonamides is 1. The molecule has 0 saturated carbocycles. The first-order valence-corrected chi connectivity index (χ1v) is 11.7. The van der Waals surface area contributed by atoms with Crippen molar-refractivity contribution in [2.45, 2.75) is 30.2 Å². The zero-order valence-electron chi connectivity index (χ0n) is 16.5. The van der Waals surface area contributed by atoms with Crippen LogP contribution in [0.1, 0.15) is 30.7 Å². The Labute approximate surface area is 172 Å². The third kappa shape index (κ3) is 5.01. The Bertz CT molecular complexity index is 1050. The van der Waals surface area contributed by atoms with Crippen LogP contribution in [0.2, 0.25) is 0 Å². The Morgan fingerprint density at radius 3 is 2.45 bits per heavy atom. The third-order valence-corrected chi connectivity index (χ3v) is 7.01. The molecule has 0 aliphatic carbocycles. The second-order valence-corrected chi connectivity index (χ2v) is 9.33. The van der Waals surface area contributed by atoms with Gasteiger partial charge in [-0.1, -0.05) is 48.5 Å². The number of nitrogens with one attached hydrogen (secondary N) is 1. The number of piperidine rings is 1. The van der Waals surface area contributed by atoms with Gasteiger partial charge >= 0.3 is 0 Å². The SMILES string of the molecule is O=S(=O)(NCCCN1CCC(c2ccccc2)CC1)c1ccc2ccccc2n1. The second kappa shape index (κ2) is 9.03. The average Bonchev–Trinajstić information content (AvgIpc) is 2.77. The first-order chi connectivity index (χ1) is 14.1. The van der Waals surface area contributed by atoms with Gasteiger partial charge in [0.15, 0.2) is 5.03 Å². The van der Waals surface area contributed by atoms with Gasteiger partial charge in [-0.05, 0) is 68.6 Å². The molecule has 29 heavy (non-hydrogen) atoms. The van der Waals surface area contributed by atoms with Crippen LogP contribution in [0.4, 0.5) is 0 Å². The van der Waals surface area contributed by atoms with E-state index in [1.54, 1.807) is 12.1 Å². The summed E-state index contributed by atoms with van der Waals surface area (Å²) < 4.78 is 27.8. The number of likely N-dealkylation sites (tertiary alicyclic amines) is 1. The highest BCUT2D eigenvalue weighted by atomic mass is 32.2. The van der Waals surface area contributed by atoms with E-state index < -0.39 is 10.0 Å². The van der Waals surface area contributed by atoms with Crippen LogP contribution >= 0.6 is 0 Å². The molecule has 0 amide bonds. The van der Waals surface area contributed by atoms with Crippen molar-refractivity contribution >= 4 is 20.9 Å². The molecule has 3 aromatic rings. The van der Waals surface area contributed by atoms with Crippen molar-refractivity contribution in [3.05, 3.63) is 72.3 Å². The maximum Gasteiger partial charge on any atom is 0.258 e. The fourth-order valence-electron chi connectivity index (χ4n) is 4.00. The van der Waals surface area contributed by atoms with E-state index >= 15 is 0 Å². The zero-order valence-corrected chi connectivity index (χ0v) is 17.3. The van der Waals surface area contributed by atoms with Gasteiger partial charge in [-0.15, -0.1) is 0 Å². The van der Waals surface area contributed by atoms with Crippen LogP contribution in [0.3, 0.4) is 0 Å². The first kappa shape index (κ1) is 20.0. The first-order valence-electron chi connectivity index (χ1n) is 10.2. The Morgan fingerprint density at radius 2 is 1.66 bits per heavy atom. The summed E-state index contributed by atoms with van der Waals surface area (Å²) in [5, 5.41) is 1.02. The predicted molar refractivity (Wildman–Crippen MR) is 116 cm³/mol. The van der Waals surface area contributed by atoms with E-state index in [9.17, 15) is 8.42 Å². The molecule has 1 N–H and O–H groups in total. The van der Waals surface area contributed by atoms with Crippen molar-refractivity contribution in [2.24, 2.45) is 0 Å². The van der Waals surface area contributed by atoms with Gasteiger partial charge in [0.1, 0.15) is 0 Å². The molecule has 5 nitrogen and oxygen atoms in total. The fourth-order valence-corrected chi connectivity index (χ4v) is 5.02. The topological polar surface area (TPSA) is 62.3 Å². The zero-order chi connectivity index (χ0) is 20.1. The van der Waals surface area contributed by atoms with Gasteiger partial charge in [0.2, 0.25) is 0 Å². The highest BCUT2D eigenvalue weighted by Crippen LogP contribution is 2.27. The van der Waals surface area contributed by atoms with Crippen molar-refractivity contribution in [3.8, 4) is 0 Å². The van der Waals surface area contributed by atoms with Gasteiger partial charge < -0.3 is 4.90 Å². The van der Waals surface area contributed by atoms with E-state index in [-0.39, 0.29) is 5.03 Å². The van der Waals surface area contributed by atoms with Crippen LogP contribution in [0.15, 0.2) is 71.8 Å². The maximum absolute atomic E-state index is 12.5. The number of para-hydroxylation sites is 1.